The van der Waals surface area contributed by atoms with Gasteiger partial charge < -0.3 is 14.7 Å². The second-order valence-corrected chi connectivity index (χ2v) is 5.53. The van der Waals surface area contributed by atoms with E-state index in [4.69, 9.17) is 9.84 Å². The molecule has 1 atom stereocenters. The lowest BCUT2D eigenvalue weighted by atomic mass is 9.90. The number of likely N-dealkylation sites (tertiary alicyclic amines) is 1. The van der Waals surface area contributed by atoms with Crippen molar-refractivity contribution in [3.63, 3.8) is 0 Å². The van der Waals surface area contributed by atoms with E-state index in [2.05, 4.69) is 0 Å². The minimum Gasteiger partial charge on any atom is -0.484 e. The molecule has 1 aliphatic rings. The van der Waals surface area contributed by atoms with E-state index in [1.165, 1.54) is 0 Å². The highest BCUT2D eigenvalue weighted by molar-refractivity contribution is 5.81. The van der Waals surface area contributed by atoms with Crippen LogP contribution in [0.25, 0.3) is 0 Å². The smallest absolute Gasteiger partial charge is 0.311 e. The summed E-state index contributed by atoms with van der Waals surface area (Å²) in [6.45, 7) is 4.31. The Morgan fingerprint density at radius 1 is 1.35 bits per heavy atom. The van der Waals surface area contributed by atoms with Gasteiger partial charge in [0.15, 0.2) is 6.61 Å². The molecular formula is C15H19NO4. The molecule has 1 heterocycles. The lowest BCUT2D eigenvalue weighted by molar-refractivity contribution is -0.147. The van der Waals surface area contributed by atoms with Crippen molar-refractivity contribution in [1.29, 1.82) is 0 Å². The van der Waals surface area contributed by atoms with E-state index in [1.807, 2.05) is 31.2 Å². The van der Waals surface area contributed by atoms with Crippen LogP contribution >= 0.6 is 0 Å². The fourth-order valence-corrected chi connectivity index (χ4v) is 2.22. The van der Waals surface area contributed by atoms with E-state index in [1.54, 1.807) is 11.8 Å². The number of hydrogen-bond acceptors (Lipinski definition) is 3. The van der Waals surface area contributed by atoms with Crippen LogP contribution in [0.5, 0.6) is 5.75 Å². The average Bonchev–Trinajstić information content (AvgIpc) is 2.82. The third kappa shape index (κ3) is 3.10. The Kier molecular flexibility index (Phi) is 3.97. The van der Waals surface area contributed by atoms with Crippen LogP contribution in [0.1, 0.15) is 18.9 Å². The molecule has 0 unspecified atom stereocenters. The zero-order valence-corrected chi connectivity index (χ0v) is 11.8. The van der Waals surface area contributed by atoms with Crippen LogP contribution in [0, 0.1) is 12.3 Å². The van der Waals surface area contributed by atoms with Gasteiger partial charge in [-0.3, -0.25) is 9.59 Å². The third-order valence-corrected chi connectivity index (χ3v) is 3.73. The van der Waals surface area contributed by atoms with E-state index in [0.717, 1.165) is 5.56 Å². The molecule has 0 radical (unpaired) electrons. The predicted molar refractivity (Wildman–Crippen MR) is 73.6 cm³/mol. The Labute approximate surface area is 118 Å². The number of nitrogens with zero attached hydrogens (tertiary/aromatic N) is 1. The zero-order valence-electron chi connectivity index (χ0n) is 11.8. The van der Waals surface area contributed by atoms with Gasteiger partial charge in [-0.15, -0.1) is 0 Å². The topological polar surface area (TPSA) is 66.8 Å². The first-order chi connectivity index (χ1) is 9.40. The summed E-state index contributed by atoms with van der Waals surface area (Å²) in [5.41, 5.74) is 0.292. The van der Waals surface area contributed by atoms with E-state index >= 15 is 0 Å². The number of carbonyl (C=O) groups is 2. The molecule has 0 aliphatic carbocycles. The monoisotopic (exact) mass is 277 g/mol. The number of aryl methyl sites for hydroxylation is 1. The maximum absolute atomic E-state index is 12.0. The first-order valence-corrected chi connectivity index (χ1v) is 6.61. The van der Waals surface area contributed by atoms with Crippen LogP contribution in [0.3, 0.4) is 0 Å². The number of aliphatic carboxylic acids is 1. The quantitative estimate of drug-likeness (QED) is 0.909. The van der Waals surface area contributed by atoms with E-state index in [9.17, 15) is 9.59 Å². The lowest BCUT2D eigenvalue weighted by Gasteiger charge is -2.20. The van der Waals surface area contributed by atoms with Gasteiger partial charge in [0.25, 0.3) is 5.91 Å². The molecule has 5 heteroatoms. The van der Waals surface area contributed by atoms with Crippen LogP contribution in [-0.4, -0.2) is 41.6 Å². The highest BCUT2D eigenvalue weighted by atomic mass is 16.5. The second-order valence-electron chi connectivity index (χ2n) is 5.53. The lowest BCUT2D eigenvalue weighted by Crippen LogP contribution is -2.37. The minimum atomic E-state index is -0.854. The minimum absolute atomic E-state index is 0.0568. The van der Waals surface area contributed by atoms with Gasteiger partial charge in [0.2, 0.25) is 0 Å². The Bertz CT molecular complexity index is 511. The number of carboxylic acids is 1. The van der Waals surface area contributed by atoms with Crippen molar-refractivity contribution in [1.82, 2.24) is 4.90 Å². The number of carboxylic acid groups (broad SMARTS) is 1. The SMILES string of the molecule is Cc1ccc(OCC(=O)N2CC[C@](C)(C(=O)O)C2)cc1. The molecule has 0 spiro atoms. The first kappa shape index (κ1) is 14.4. The third-order valence-electron chi connectivity index (χ3n) is 3.73. The fourth-order valence-electron chi connectivity index (χ4n) is 2.22. The van der Waals surface area contributed by atoms with Gasteiger partial charge in [-0.05, 0) is 32.4 Å². The van der Waals surface area contributed by atoms with E-state index in [0.29, 0.717) is 18.7 Å². The Morgan fingerprint density at radius 3 is 2.55 bits per heavy atom. The van der Waals surface area contributed by atoms with Gasteiger partial charge >= 0.3 is 5.97 Å². The number of ether oxygens (including phenoxy) is 1. The number of amides is 1. The molecule has 1 amide bonds. The van der Waals surface area contributed by atoms with E-state index < -0.39 is 11.4 Å². The van der Waals surface area contributed by atoms with Gasteiger partial charge in [-0.1, -0.05) is 17.7 Å². The molecule has 1 N–H and O–H groups in total. The molecule has 1 aromatic rings. The molecule has 5 nitrogen and oxygen atoms in total. The van der Waals surface area contributed by atoms with Crippen molar-refractivity contribution in [2.45, 2.75) is 20.3 Å². The summed E-state index contributed by atoms with van der Waals surface area (Å²) in [7, 11) is 0. The molecule has 0 saturated carbocycles. The molecule has 108 valence electrons. The molecule has 0 aromatic heterocycles. The van der Waals surface area contributed by atoms with Crippen LogP contribution in [0.2, 0.25) is 0 Å². The summed E-state index contributed by atoms with van der Waals surface area (Å²) in [5.74, 6) is -0.382. The maximum atomic E-state index is 12.0. The summed E-state index contributed by atoms with van der Waals surface area (Å²) in [6.07, 6.45) is 0.485. The predicted octanol–water partition coefficient (Wildman–Crippen LogP) is 1.70. The molecule has 2 rings (SSSR count). The number of benzene rings is 1. The highest BCUT2D eigenvalue weighted by Crippen LogP contribution is 2.30. The van der Waals surface area contributed by atoms with E-state index in [-0.39, 0.29) is 19.1 Å². The largest absolute Gasteiger partial charge is 0.484 e. The molecule has 20 heavy (non-hydrogen) atoms. The number of rotatable bonds is 4. The van der Waals surface area contributed by atoms with Crippen molar-refractivity contribution in [2.24, 2.45) is 5.41 Å². The molecular weight excluding hydrogens is 258 g/mol. The van der Waals surface area contributed by atoms with Crippen molar-refractivity contribution >= 4 is 11.9 Å². The van der Waals surface area contributed by atoms with Crippen LogP contribution in [-0.2, 0) is 9.59 Å². The van der Waals surface area contributed by atoms with Gasteiger partial charge in [0.1, 0.15) is 5.75 Å². The van der Waals surface area contributed by atoms with Gasteiger partial charge in [0.05, 0.1) is 5.41 Å². The Balaban J connectivity index is 1.87. The molecule has 1 fully saturated rings. The molecule has 0 bridgehead atoms. The summed E-state index contributed by atoms with van der Waals surface area (Å²) >= 11 is 0. The summed E-state index contributed by atoms with van der Waals surface area (Å²) < 4.78 is 5.43. The summed E-state index contributed by atoms with van der Waals surface area (Å²) in [5, 5.41) is 9.14. The molecule has 1 aliphatic heterocycles. The standard InChI is InChI=1S/C15H19NO4/c1-11-3-5-12(6-4-11)20-9-13(17)16-8-7-15(2,10-16)14(18)19/h3-6H,7-10H2,1-2H3,(H,18,19)/t15-/m0/s1. The normalized spacial score (nSPS) is 21.8. The van der Waals surface area contributed by atoms with Gasteiger partial charge in [0, 0.05) is 13.1 Å². The Hall–Kier alpha value is -2.04. The Morgan fingerprint density at radius 2 is 2.00 bits per heavy atom. The average molecular weight is 277 g/mol. The van der Waals surface area contributed by atoms with Crippen molar-refractivity contribution in [3.8, 4) is 5.75 Å². The van der Waals surface area contributed by atoms with Crippen LogP contribution < -0.4 is 4.74 Å². The van der Waals surface area contributed by atoms with Crippen LogP contribution in [0.4, 0.5) is 0 Å². The number of hydrogen-bond donors (Lipinski definition) is 1. The van der Waals surface area contributed by atoms with Crippen molar-refractivity contribution in [3.05, 3.63) is 29.8 Å². The number of carbonyl (C=O) groups excluding carboxylic acids is 1. The first-order valence-electron chi connectivity index (χ1n) is 6.61. The highest BCUT2D eigenvalue weighted by Gasteiger charge is 2.42. The molecule has 1 aromatic carbocycles. The fraction of sp³-hybridized carbons (Fsp3) is 0.467. The summed E-state index contributed by atoms with van der Waals surface area (Å²) in [6, 6.07) is 7.45. The van der Waals surface area contributed by atoms with Crippen molar-refractivity contribution < 1.29 is 19.4 Å². The zero-order chi connectivity index (χ0) is 14.8. The summed E-state index contributed by atoms with van der Waals surface area (Å²) in [4.78, 5) is 24.7. The van der Waals surface area contributed by atoms with Crippen molar-refractivity contribution in [2.75, 3.05) is 19.7 Å². The van der Waals surface area contributed by atoms with Crippen LogP contribution in [0.15, 0.2) is 24.3 Å². The van der Waals surface area contributed by atoms with Gasteiger partial charge in [-0.2, -0.15) is 0 Å². The molecule has 1 saturated heterocycles. The second kappa shape index (κ2) is 5.53. The van der Waals surface area contributed by atoms with Gasteiger partial charge in [-0.25, -0.2) is 0 Å². The maximum Gasteiger partial charge on any atom is 0.311 e.